The molecule has 0 heterocycles. The lowest BCUT2D eigenvalue weighted by Gasteiger charge is -2.15. The molecule has 162 valence electrons. The molecule has 0 radical (unpaired) electrons. The number of carbonyl (C=O) groups is 1. The molecule has 31 heavy (non-hydrogen) atoms. The van der Waals surface area contributed by atoms with E-state index in [1.807, 2.05) is 19.9 Å². The second kappa shape index (κ2) is 9.75. The van der Waals surface area contributed by atoms with Crippen LogP contribution >= 0.6 is 11.6 Å². The number of hydrogen-bond donors (Lipinski definition) is 1. The minimum absolute atomic E-state index is 0.272. The van der Waals surface area contributed by atoms with Crippen molar-refractivity contribution in [2.75, 3.05) is 19.5 Å². The largest absolute Gasteiger partial charge is 0.496 e. The van der Waals surface area contributed by atoms with Gasteiger partial charge in [-0.05, 0) is 79.9 Å². The van der Waals surface area contributed by atoms with Gasteiger partial charge in [0, 0.05) is 16.1 Å². The third-order valence-corrected chi connectivity index (χ3v) is 5.33. The average molecular weight is 440 g/mol. The van der Waals surface area contributed by atoms with E-state index in [9.17, 15) is 4.79 Å². The topological polar surface area (TPSA) is 56.8 Å². The number of ether oxygens (including phenoxy) is 3. The first-order valence-corrected chi connectivity index (χ1v) is 10.2. The molecule has 0 aromatic heterocycles. The standard InChI is InChI=1S/C25H26ClNO4/c1-15-10-16(2)17(3)24(11-15)31-14-19-12-18(6-8-22(19)29-4)25(28)27-21-13-20(26)7-9-23(21)30-5/h6-13H,14H2,1-5H3,(H,27,28). The van der Waals surface area contributed by atoms with Crippen LogP contribution in [-0.4, -0.2) is 20.1 Å². The molecule has 0 aliphatic rings. The molecule has 6 heteroatoms. The second-order valence-corrected chi connectivity index (χ2v) is 7.76. The minimum atomic E-state index is -0.285. The van der Waals surface area contributed by atoms with E-state index in [0.717, 1.165) is 22.4 Å². The number of carbonyl (C=O) groups excluding carboxylic acids is 1. The molecule has 1 N–H and O–H groups in total. The van der Waals surface area contributed by atoms with Crippen molar-refractivity contribution in [1.29, 1.82) is 0 Å². The minimum Gasteiger partial charge on any atom is -0.496 e. The Kier molecular flexibility index (Phi) is 7.08. The van der Waals surface area contributed by atoms with Crippen LogP contribution in [0, 0.1) is 20.8 Å². The number of benzene rings is 3. The van der Waals surface area contributed by atoms with Gasteiger partial charge in [0.2, 0.25) is 0 Å². The molecule has 1 amide bonds. The molecule has 3 aromatic rings. The fraction of sp³-hybridized carbons (Fsp3) is 0.240. The van der Waals surface area contributed by atoms with Crippen LogP contribution in [0.25, 0.3) is 0 Å². The summed E-state index contributed by atoms with van der Waals surface area (Å²) in [4.78, 5) is 12.9. The van der Waals surface area contributed by atoms with Gasteiger partial charge in [0.25, 0.3) is 5.91 Å². The van der Waals surface area contributed by atoms with Crippen LogP contribution in [0.5, 0.6) is 17.2 Å². The molecular formula is C25H26ClNO4. The lowest BCUT2D eigenvalue weighted by Crippen LogP contribution is -2.13. The van der Waals surface area contributed by atoms with E-state index in [1.54, 1.807) is 43.5 Å². The molecule has 3 aromatic carbocycles. The van der Waals surface area contributed by atoms with E-state index in [-0.39, 0.29) is 12.5 Å². The molecule has 0 fully saturated rings. The molecular weight excluding hydrogens is 414 g/mol. The molecule has 0 aliphatic carbocycles. The molecule has 0 unspecified atom stereocenters. The molecule has 3 rings (SSSR count). The van der Waals surface area contributed by atoms with Gasteiger partial charge in [0.1, 0.15) is 23.9 Å². The highest BCUT2D eigenvalue weighted by Gasteiger charge is 2.14. The zero-order valence-corrected chi connectivity index (χ0v) is 19.1. The molecule has 0 bridgehead atoms. The third kappa shape index (κ3) is 5.30. The summed E-state index contributed by atoms with van der Waals surface area (Å²) in [5, 5.41) is 3.35. The first-order chi connectivity index (χ1) is 14.8. The van der Waals surface area contributed by atoms with Crippen LogP contribution in [-0.2, 0) is 6.61 Å². The van der Waals surface area contributed by atoms with Crippen molar-refractivity contribution in [2.45, 2.75) is 27.4 Å². The number of nitrogens with one attached hydrogen (secondary N) is 1. The lowest BCUT2D eigenvalue weighted by atomic mass is 10.1. The fourth-order valence-electron chi connectivity index (χ4n) is 3.31. The predicted octanol–water partition coefficient (Wildman–Crippen LogP) is 6.11. The Hall–Kier alpha value is -3.18. The maximum absolute atomic E-state index is 12.9. The molecule has 0 spiro atoms. The maximum atomic E-state index is 12.9. The second-order valence-electron chi connectivity index (χ2n) is 7.32. The summed E-state index contributed by atoms with van der Waals surface area (Å²) in [6, 6.07) is 14.4. The van der Waals surface area contributed by atoms with Gasteiger partial charge in [0.15, 0.2) is 0 Å². The fourth-order valence-corrected chi connectivity index (χ4v) is 3.48. The highest BCUT2D eigenvalue weighted by Crippen LogP contribution is 2.30. The summed E-state index contributed by atoms with van der Waals surface area (Å²) < 4.78 is 16.9. The number of aryl methyl sites for hydroxylation is 2. The Morgan fingerprint density at radius 2 is 1.61 bits per heavy atom. The van der Waals surface area contributed by atoms with E-state index in [0.29, 0.717) is 27.8 Å². The highest BCUT2D eigenvalue weighted by atomic mass is 35.5. The van der Waals surface area contributed by atoms with E-state index in [4.69, 9.17) is 25.8 Å². The van der Waals surface area contributed by atoms with E-state index in [2.05, 4.69) is 18.3 Å². The first-order valence-electron chi connectivity index (χ1n) is 9.84. The predicted molar refractivity (Wildman–Crippen MR) is 124 cm³/mol. The van der Waals surface area contributed by atoms with Crippen molar-refractivity contribution in [2.24, 2.45) is 0 Å². The van der Waals surface area contributed by atoms with Gasteiger partial charge >= 0.3 is 0 Å². The van der Waals surface area contributed by atoms with Crippen molar-refractivity contribution in [3.63, 3.8) is 0 Å². The van der Waals surface area contributed by atoms with Gasteiger partial charge in [-0.15, -0.1) is 0 Å². The summed E-state index contributed by atoms with van der Waals surface area (Å²) in [5.41, 5.74) is 5.13. The molecule has 0 aliphatic heterocycles. The zero-order valence-electron chi connectivity index (χ0n) is 18.3. The number of methoxy groups -OCH3 is 2. The smallest absolute Gasteiger partial charge is 0.255 e. The van der Waals surface area contributed by atoms with Gasteiger partial charge in [-0.25, -0.2) is 0 Å². The maximum Gasteiger partial charge on any atom is 0.255 e. The number of rotatable bonds is 7. The van der Waals surface area contributed by atoms with Crippen LogP contribution in [0.4, 0.5) is 5.69 Å². The SMILES string of the molecule is COc1ccc(C(=O)Nc2cc(Cl)ccc2OC)cc1COc1cc(C)cc(C)c1C. The Balaban J connectivity index is 1.84. The zero-order chi connectivity index (χ0) is 22.5. The van der Waals surface area contributed by atoms with E-state index < -0.39 is 0 Å². The monoisotopic (exact) mass is 439 g/mol. The van der Waals surface area contributed by atoms with Crippen LogP contribution in [0.1, 0.15) is 32.6 Å². The molecule has 0 saturated heterocycles. The molecule has 0 atom stereocenters. The van der Waals surface area contributed by atoms with E-state index in [1.165, 1.54) is 12.7 Å². The summed E-state index contributed by atoms with van der Waals surface area (Å²) in [7, 11) is 3.13. The lowest BCUT2D eigenvalue weighted by molar-refractivity contribution is 0.102. The van der Waals surface area contributed by atoms with Gasteiger partial charge < -0.3 is 19.5 Å². The number of halogens is 1. The summed E-state index contributed by atoms with van der Waals surface area (Å²) in [6.07, 6.45) is 0. The number of anilines is 1. The Morgan fingerprint density at radius 3 is 2.32 bits per heavy atom. The first kappa shape index (κ1) is 22.5. The van der Waals surface area contributed by atoms with Crippen molar-refractivity contribution in [1.82, 2.24) is 0 Å². The van der Waals surface area contributed by atoms with Gasteiger partial charge in [-0.1, -0.05) is 17.7 Å². The molecule has 5 nitrogen and oxygen atoms in total. The van der Waals surface area contributed by atoms with Crippen molar-refractivity contribution in [3.05, 3.63) is 81.4 Å². The van der Waals surface area contributed by atoms with Gasteiger partial charge in [0.05, 0.1) is 19.9 Å². The van der Waals surface area contributed by atoms with Crippen LogP contribution in [0.15, 0.2) is 48.5 Å². The van der Waals surface area contributed by atoms with Crippen molar-refractivity contribution in [3.8, 4) is 17.2 Å². The van der Waals surface area contributed by atoms with E-state index >= 15 is 0 Å². The third-order valence-electron chi connectivity index (χ3n) is 5.10. The summed E-state index contributed by atoms with van der Waals surface area (Å²) in [6.45, 7) is 6.40. The number of hydrogen-bond acceptors (Lipinski definition) is 4. The summed E-state index contributed by atoms with van der Waals surface area (Å²) >= 11 is 6.06. The summed E-state index contributed by atoms with van der Waals surface area (Å²) in [5.74, 6) is 1.71. The average Bonchev–Trinajstić information content (AvgIpc) is 2.75. The van der Waals surface area contributed by atoms with Crippen LogP contribution in [0.3, 0.4) is 0 Å². The normalized spacial score (nSPS) is 10.5. The van der Waals surface area contributed by atoms with Crippen LogP contribution < -0.4 is 19.5 Å². The number of amides is 1. The van der Waals surface area contributed by atoms with Crippen molar-refractivity contribution >= 4 is 23.2 Å². The van der Waals surface area contributed by atoms with Crippen LogP contribution in [0.2, 0.25) is 5.02 Å². The van der Waals surface area contributed by atoms with Gasteiger partial charge in [-0.2, -0.15) is 0 Å². The Bertz CT molecular complexity index is 1110. The Morgan fingerprint density at radius 1 is 0.903 bits per heavy atom. The Labute approximate surface area is 187 Å². The highest BCUT2D eigenvalue weighted by molar-refractivity contribution is 6.31. The van der Waals surface area contributed by atoms with Gasteiger partial charge in [-0.3, -0.25) is 4.79 Å². The quantitative estimate of drug-likeness (QED) is 0.482. The molecule has 0 saturated carbocycles. The van der Waals surface area contributed by atoms with Crippen molar-refractivity contribution < 1.29 is 19.0 Å².